The molecule has 1 atom stereocenters. The Morgan fingerprint density at radius 1 is 1.28 bits per heavy atom. The fourth-order valence-electron chi connectivity index (χ4n) is 2.10. The van der Waals surface area contributed by atoms with Crippen LogP contribution < -0.4 is 5.73 Å². The van der Waals surface area contributed by atoms with Crippen molar-refractivity contribution in [1.82, 2.24) is 4.98 Å². The molecule has 0 radical (unpaired) electrons. The molecule has 0 aliphatic rings. The highest BCUT2D eigenvalue weighted by Gasteiger charge is 2.07. The maximum absolute atomic E-state index is 6.18. The van der Waals surface area contributed by atoms with Crippen molar-refractivity contribution in [2.24, 2.45) is 5.73 Å². The molecule has 0 aliphatic heterocycles. The van der Waals surface area contributed by atoms with Gasteiger partial charge in [-0.3, -0.25) is 0 Å². The lowest BCUT2D eigenvalue weighted by molar-refractivity contribution is 0.603. The van der Waals surface area contributed by atoms with Gasteiger partial charge in [0.25, 0.3) is 0 Å². The molecule has 0 aliphatic carbocycles. The Bertz CT molecular complexity index is 505. The summed E-state index contributed by atoms with van der Waals surface area (Å²) < 4.78 is 0. The SMILES string of the molecule is Cc1nc(CC(N)CCc2ccccc2C)cs1. The van der Waals surface area contributed by atoms with E-state index >= 15 is 0 Å². The molecule has 1 aromatic heterocycles. The van der Waals surface area contributed by atoms with E-state index in [4.69, 9.17) is 5.73 Å². The van der Waals surface area contributed by atoms with E-state index in [0.29, 0.717) is 0 Å². The van der Waals surface area contributed by atoms with Gasteiger partial charge in [0.15, 0.2) is 0 Å². The maximum Gasteiger partial charge on any atom is 0.0897 e. The van der Waals surface area contributed by atoms with E-state index in [0.717, 1.165) is 30.0 Å². The lowest BCUT2D eigenvalue weighted by Crippen LogP contribution is -2.23. The monoisotopic (exact) mass is 260 g/mol. The highest BCUT2D eigenvalue weighted by atomic mass is 32.1. The van der Waals surface area contributed by atoms with Crippen LogP contribution in [0.1, 0.15) is 28.2 Å². The summed E-state index contributed by atoms with van der Waals surface area (Å²) in [5.74, 6) is 0. The quantitative estimate of drug-likeness (QED) is 0.896. The predicted octanol–water partition coefficient (Wildman–Crippen LogP) is 3.26. The Morgan fingerprint density at radius 3 is 2.72 bits per heavy atom. The van der Waals surface area contributed by atoms with Gasteiger partial charge in [-0.25, -0.2) is 4.98 Å². The summed E-state index contributed by atoms with van der Waals surface area (Å²) in [6, 6.07) is 8.72. The fraction of sp³-hybridized carbons (Fsp3) is 0.400. The van der Waals surface area contributed by atoms with Crippen LogP contribution in [0.4, 0.5) is 0 Å². The second-order valence-electron chi connectivity index (χ2n) is 4.79. The minimum Gasteiger partial charge on any atom is -0.327 e. The second kappa shape index (κ2) is 6.12. The van der Waals surface area contributed by atoms with Crippen LogP contribution >= 0.6 is 11.3 Å². The van der Waals surface area contributed by atoms with Crippen molar-refractivity contribution >= 4 is 11.3 Å². The average molecular weight is 260 g/mol. The van der Waals surface area contributed by atoms with Crippen LogP contribution in [-0.4, -0.2) is 11.0 Å². The van der Waals surface area contributed by atoms with Crippen molar-refractivity contribution in [2.75, 3.05) is 0 Å². The number of aryl methyl sites for hydroxylation is 3. The van der Waals surface area contributed by atoms with Gasteiger partial charge in [0, 0.05) is 17.8 Å². The summed E-state index contributed by atoms with van der Waals surface area (Å²) in [5.41, 5.74) is 10.1. The number of hydrogen-bond acceptors (Lipinski definition) is 3. The van der Waals surface area contributed by atoms with Gasteiger partial charge >= 0.3 is 0 Å². The zero-order valence-electron chi connectivity index (χ0n) is 11.0. The first-order valence-corrected chi connectivity index (χ1v) is 7.24. The molecule has 0 bridgehead atoms. The van der Waals surface area contributed by atoms with Crippen LogP contribution in [0.2, 0.25) is 0 Å². The molecular formula is C15H20N2S. The van der Waals surface area contributed by atoms with Crippen molar-refractivity contribution in [3.05, 3.63) is 51.5 Å². The first kappa shape index (κ1) is 13.2. The zero-order valence-corrected chi connectivity index (χ0v) is 11.8. The molecule has 0 spiro atoms. The largest absolute Gasteiger partial charge is 0.327 e. The molecule has 2 aromatic rings. The van der Waals surface area contributed by atoms with E-state index in [1.807, 2.05) is 6.92 Å². The van der Waals surface area contributed by atoms with E-state index in [1.165, 1.54) is 11.1 Å². The first-order valence-electron chi connectivity index (χ1n) is 6.36. The Morgan fingerprint density at radius 2 is 2.06 bits per heavy atom. The smallest absolute Gasteiger partial charge is 0.0897 e. The summed E-state index contributed by atoms with van der Waals surface area (Å²) in [7, 11) is 0. The van der Waals surface area contributed by atoms with E-state index in [2.05, 4.69) is 41.6 Å². The van der Waals surface area contributed by atoms with Gasteiger partial charge in [-0.15, -0.1) is 11.3 Å². The number of nitrogens with zero attached hydrogens (tertiary/aromatic N) is 1. The van der Waals surface area contributed by atoms with Gasteiger partial charge in [-0.1, -0.05) is 24.3 Å². The normalized spacial score (nSPS) is 12.6. The van der Waals surface area contributed by atoms with E-state index < -0.39 is 0 Å². The highest BCUT2D eigenvalue weighted by Crippen LogP contribution is 2.13. The maximum atomic E-state index is 6.18. The molecule has 0 saturated heterocycles. The second-order valence-corrected chi connectivity index (χ2v) is 5.85. The van der Waals surface area contributed by atoms with Crippen LogP contribution in [-0.2, 0) is 12.8 Å². The van der Waals surface area contributed by atoms with Crippen molar-refractivity contribution in [1.29, 1.82) is 0 Å². The average Bonchev–Trinajstić information content (AvgIpc) is 2.74. The number of nitrogens with two attached hydrogens (primary N) is 1. The number of benzene rings is 1. The third-order valence-corrected chi connectivity index (χ3v) is 4.01. The molecule has 0 saturated carbocycles. The predicted molar refractivity (Wildman–Crippen MR) is 78.0 cm³/mol. The van der Waals surface area contributed by atoms with Crippen molar-refractivity contribution < 1.29 is 0 Å². The first-order chi connectivity index (χ1) is 8.65. The molecule has 2 nitrogen and oxygen atoms in total. The van der Waals surface area contributed by atoms with Crippen molar-refractivity contribution in [3.63, 3.8) is 0 Å². The summed E-state index contributed by atoms with van der Waals surface area (Å²) in [5, 5.41) is 3.24. The molecule has 2 rings (SSSR count). The van der Waals surface area contributed by atoms with Crippen LogP contribution in [0.3, 0.4) is 0 Å². The van der Waals surface area contributed by atoms with Crippen molar-refractivity contribution in [3.8, 4) is 0 Å². The molecule has 2 N–H and O–H groups in total. The summed E-state index contributed by atoms with van der Waals surface area (Å²) in [6.45, 7) is 4.19. The molecule has 1 unspecified atom stereocenters. The molecule has 96 valence electrons. The van der Waals surface area contributed by atoms with Gasteiger partial charge in [0.1, 0.15) is 0 Å². The minimum atomic E-state index is 0.200. The van der Waals surface area contributed by atoms with Crippen LogP contribution in [0.25, 0.3) is 0 Å². The zero-order chi connectivity index (χ0) is 13.0. The summed E-state index contributed by atoms with van der Waals surface area (Å²) >= 11 is 1.70. The number of hydrogen-bond donors (Lipinski definition) is 1. The highest BCUT2D eigenvalue weighted by molar-refractivity contribution is 7.09. The van der Waals surface area contributed by atoms with Gasteiger partial charge in [-0.2, -0.15) is 0 Å². The molecule has 1 aromatic carbocycles. The lowest BCUT2D eigenvalue weighted by atomic mass is 9.99. The van der Waals surface area contributed by atoms with Crippen LogP contribution in [0, 0.1) is 13.8 Å². The Kier molecular flexibility index (Phi) is 4.50. The number of thiazole rings is 1. The number of aromatic nitrogens is 1. The Balaban J connectivity index is 1.85. The third kappa shape index (κ3) is 3.65. The van der Waals surface area contributed by atoms with Gasteiger partial charge in [0.2, 0.25) is 0 Å². The summed E-state index contributed by atoms with van der Waals surface area (Å²) in [4.78, 5) is 4.46. The van der Waals surface area contributed by atoms with Gasteiger partial charge in [0.05, 0.1) is 10.7 Å². The molecule has 0 fully saturated rings. The number of rotatable bonds is 5. The van der Waals surface area contributed by atoms with E-state index in [1.54, 1.807) is 11.3 Å². The van der Waals surface area contributed by atoms with Gasteiger partial charge < -0.3 is 5.73 Å². The fourth-order valence-corrected chi connectivity index (χ4v) is 2.73. The standard InChI is InChI=1S/C15H20N2S/c1-11-5-3-4-6-13(11)7-8-14(16)9-15-10-18-12(2)17-15/h3-6,10,14H,7-9,16H2,1-2H3. The van der Waals surface area contributed by atoms with Crippen molar-refractivity contribution in [2.45, 2.75) is 39.2 Å². The molecule has 1 heterocycles. The van der Waals surface area contributed by atoms with Crippen LogP contribution in [0.15, 0.2) is 29.6 Å². The minimum absolute atomic E-state index is 0.200. The summed E-state index contributed by atoms with van der Waals surface area (Å²) in [6.07, 6.45) is 2.95. The van der Waals surface area contributed by atoms with Crippen LogP contribution in [0.5, 0.6) is 0 Å². The molecule has 18 heavy (non-hydrogen) atoms. The third-order valence-electron chi connectivity index (χ3n) is 3.18. The lowest BCUT2D eigenvalue weighted by Gasteiger charge is -2.11. The Labute approximate surface area is 113 Å². The Hall–Kier alpha value is -1.19. The van der Waals surface area contributed by atoms with Gasteiger partial charge in [-0.05, 0) is 37.8 Å². The van der Waals surface area contributed by atoms with E-state index in [-0.39, 0.29) is 6.04 Å². The molecular weight excluding hydrogens is 240 g/mol. The topological polar surface area (TPSA) is 38.9 Å². The van der Waals surface area contributed by atoms with E-state index in [9.17, 15) is 0 Å². The molecule has 3 heteroatoms. The molecule has 0 amide bonds.